The van der Waals surface area contributed by atoms with Crippen molar-refractivity contribution < 1.29 is 14.7 Å². The third-order valence-electron chi connectivity index (χ3n) is 3.23. The zero-order valence-electron chi connectivity index (χ0n) is 12.3. The van der Waals surface area contributed by atoms with E-state index < -0.39 is 18.0 Å². The summed E-state index contributed by atoms with van der Waals surface area (Å²) in [6, 6.07) is -1.23. The van der Waals surface area contributed by atoms with Crippen LogP contribution in [0.4, 0.5) is 4.79 Å². The Balaban J connectivity index is 2.21. The summed E-state index contributed by atoms with van der Waals surface area (Å²) >= 11 is 0. The standard InChI is InChI=1S/C13H26N4O3/c1-10(2)9-11(12(18)19)16-13(20)15-5-8-17-6-3-14-4-7-17/h10-11,14H,3-9H2,1-2H3,(H,18,19)(H2,15,16,20)/t11-/m0/s1. The van der Waals surface area contributed by atoms with Crippen molar-refractivity contribution in [2.24, 2.45) is 5.92 Å². The van der Waals surface area contributed by atoms with E-state index in [2.05, 4.69) is 20.9 Å². The van der Waals surface area contributed by atoms with E-state index in [1.54, 1.807) is 0 Å². The summed E-state index contributed by atoms with van der Waals surface area (Å²) in [6.45, 7) is 9.09. The minimum absolute atomic E-state index is 0.220. The minimum Gasteiger partial charge on any atom is -0.480 e. The molecule has 2 amide bonds. The number of carbonyl (C=O) groups excluding carboxylic acids is 1. The highest BCUT2D eigenvalue weighted by Gasteiger charge is 2.20. The van der Waals surface area contributed by atoms with Crippen molar-refractivity contribution >= 4 is 12.0 Å². The van der Waals surface area contributed by atoms with Gasteiger partial charge >= 0.3 is 12.0 Å². The SMILES string of the molecule is CC(C)C[C@H](NC(=O)NCCN1CCNCC1)C(=O)O. The van der Waals surface area contributed by atoms with Crippen molar-refractivity contribution in [2.45, 2.75) is 26.3 Å². The number of carboxylic acid groups (broad SMARTS) is 1. The Kier molecular flexibility index (Phi) is 7.32. The predicted molar refractivity (Wildman–Crippen MR) is 76.7 cm³/mol. The van der Waals surface area contributed by atoms with Gasteiger partial charge in [-0.1, -0.05) is 13.8 Å². The molecule has 0 saturated carbocycles. The Morgan fingerprint density at radius 3 is 2.50 bits per heavy atom. The van der Waals surface area contributed by atoms with Crippen LogP contribution in [0.3, 0.4) is 0 Å². The van der Waals surface area contributed by atoms with Crippen molar-refractivity contribution in [1.82, 2.24) is 20.9 Å². The average Bonchev–Trinajstić information content (AvgIpc) is 2.38. The van der Waals surface area contributed by atoms with Gasteiger partial charge < -0.3 is 21.1 Å². The zero-order chi connectivity index (χ0) is 15.0. The van der Waals surface area contributed by atoms with E-state index in [9.17, 15) is 9.59 Å². The summed E-state index contributed by atoms with van der Waals surface area (Å²) < 4.78 is 0. The van der Waals surface area contributed by atoms with Crippen LogP contribution in [0.15, 0.2) is 0 Å². The molecule has 1 rings (SSSR count). The first-order valence-electron chi connectivity index (χ1n) is 7.19. The molecule has 0 unspecified atom stereocenters. The lowest BCUT2D eigenvalue weighted by molar-refractivity contribution is -0.139. The normalized spacial score (nSPS) is 17.8. The van der Waals surface area contributed by atoms with Gasteiger partial charge in [0, 0.05) is 39.3 Å². The van der Waals surface area contributed by atoms with Crippen molar-refractivity contribution in [1.29, 1.82) is 0 Å². The number of hydrogen-bond donors (Lipinski definition) is 4. The number of hydrogen-bond acceptors (Lipinski definition) is 4. The van der Waals surface area contributed by atoms with Crippen molar-refractivity contribution in [2.75, 3.05) is 39.3 Å². The van der Waals surface area contributed by atoms with Gasteiger partial charge in [-0.25, -0.2) is 9.59 Å². The highest BCUT2D eigenvalue weighted by atomic mass is 16.4. The van der Waals surface area contributed by atoms with E-state index in [0.29, 0.717) is 13.0 Å². The van der Waals surface area contributed by atoms with Gasteiger partial charge in [-0.3, -0.25) is 4.90 Å². The van der Waals surface area contributed by atoms with Gasteiger partial charge in [0.1, 0.15) is 6.04 Å². The van der Waals surface area contributed by atoms with E-state index in [4.69, 9.17) is 5.11 Å². The fourth-order valence-electron chi connectivity index (χ4n) is 2.16. The lowest BCUT2D eigenvalue weighted by atomic mass is 10.0. The maximum atomic E-state index is 11.7. The second kappa shape index (κ2) is 8.76. The van der Waals surface area contributed by atoms with Crippen LogP contribution in [0, 0.1) is 5.92 Å². The smallest absolute Gasteiger partial charge is 0.326 e. The second-order valence-electron chi connectivity index (χ2n) is 5.51. The molecule has 0 aromatic heterocycles. The summed E-state index contributed by atoms with van der Waals surface area (Å²) in [6.07, 6.45) is 0.431. The Labute approximate surface area is 120 Å². The van der Waals surface area contributed by atoms with E-state index in [0.717, 1.165) is 32.7 Å². The number of amides is 2. The molecule has 1 aliphatic rings. The summed E-state index contributed by atoms with van der Waals surface area (Å²) in [5.74, 6) is -0.770. The first-order chi connectivity index (χ1) is 9.49. The molecule has 1 atom stereocenters. The number of carboxylic acids is 1. The molecule has 0 aromatic carbocycles. The Bertz CT molecular complexity index is 317. The van der Waals surface area contributed by atoms with E-state index in [1.165, 1.54) is 0 Å². The molecule has 4 N–H and O–H groups in total. The molecule has 1 saturated heterocycles. The van der Waals surface area contributed by atoms with E-state index >= 15 is 0 Å². The Morgan fingerprint density at radius 1 is 1.30 bits per heavy atom. The number of carbonyl (C=O) groups is 2. The second-order valence-corrected chi connectivity index (χ2v) is 5.51. The van der Waals surface area contributed by atoms with E-state index in [1.807, 2.05) is 13.8 Å². The molecule has 1 fully saturated rings. The van der Waals surface area contributed by atoms with Crippen LogP contribution in [0.2, 0.25) is 0 Å². The first kappa shape index (κ1) is 16.7. The molecule has 116 valence electrons. The summed E-state index contributed by atoms with van der Waals surface area (Å²) in [7, 11) is 0. The fraction of sp³-hybridized carbons (Fsp3) is 0.846. The summed E-state index contributed by atoms with van der Waals surface area (Å²) in [4.78, 5) is 25.0. The largest absolute Gasteiger partial charge is 0.480 e. The van der Waals surface area contributed by atoms with Gasteiger partial charge in [0.2, 0.25) is 0 Å². The van der Waals surface area contributed by atoms with Crippen LogP contribution in [0.5, 0.6) is 0 Å². The molecule has 0 bridgehead atoms. The quantitative estimate of drug-likeness (QED) is 0.515. The van der Waals surface area contributed by atoms with E-state index in [-0.39, 0.29) is 5.92 Å². The lowest BCUT2D eigenvalue weighted by Gasteiger charge is -2.27. The van der Waals surface area contributed by atoms with Crippen LogP contribution in [0.1, 0.15) is 20.3 Å². The average molecular weight is 286 g/mol. The molecule has 1 heterocycles. The van der Waals surface area contributed by atoms with Crippen molar-refractivity contribution in [3.05, 3.63) is 0 Å². The van der Waals surface area contributed by atoms with Crippen LogP contribution < -0.4 is 16.0 Å². The molecule has 0 radical (unpaired) electrons. The number of nitrogens with zero attached hydrogens (tertiary/aromatic N) is 1. The van der Waals surface area contributed by atoms with Gasteiger partial charge in [-0.15, -0.1) is 0 Å². The summed E-state index contributed by atoms with van der Waals surface area (Å²) in [5.41, 5.74) is 0. The molecular weight excluding hydrogens is 260 g/mol. The third kappa shape index (κ3) is 6.72. The number of aliphatic carboxylic acids is 1. The summed E-state index contributed by atoms with van der Waals surface area (Å²) in [5, 5.41) is 17.5. The van der Waals surface area contributed by atoms with Crippen LogP contribution >= 0.6 is 0 Å². The monoisotopic (exact) mass is 286 g/mol. The molecular formula is C13H26N4O3. The minimum atomic E-state index is -0.990. The molecule has 0 aliphatic carbocycles. The lowest BCUT2D eigenvalue weighted by Crippen LogP contribution is -2.50. The first-order valence-corrected chi connectivity index (χ1v) is 7.19. The van der Waals surface area contributed by atoms with Gasteiger partial charge in [0.05, 0.1) is 0 Å². The molecule has 0 aromatic rings. The van der Waals surface area contributed by atoms with Crippen molar-refractivity contribution in [3.63, 3.8) is 0 Å². The molecule has 7 heteroatoms. The number of rotatable bonds is 7. The molecule has 7 nitrogen and oxygen atoms in total. The number of urea groups is 1. The van der Waals surface area contributed by atoms with Crippen LogP contribution in [-0.4, -0.2) is 67.3 Å². The Morgan fingerprint density at radius 2 is 1.95 bits per heavy atom. The van der Waals surface area contributed by atoms with Gasteiger partial charge in [0.25, 0.3) is 0 Å². The topological polar surface area (TPSA) is 93.7 Å². The van der Waals surface area contributed by atoms with Gasteiger partial charge in [-0.2, -0.15) is 0 Å². The zero-order valence-corrected chi connectivity index (χ0v) is 12.3. The number of nitrogens with one attached hydrogen (secondary N) is 3. The number of piperazine rings is 1. The van der Waals surface area contributed by atoms with Gasteiger partial charge in [0.15, 0.2) is 0 Å². The fourth-order valence-corrected chi connectivity index (χ4v) is 2.16. The van der Waals surface area contributed by atoms with Crippen LogP contribution in [-0.2, 0) is 4.79 Å². The van der Waals surface area contributed by atoms with Gasteiger partial charge in [-0.05, 0) is 12.3 Å². The predicted octanol–water partition coefficient (Wildman–Crippen LogP) is -0.310. The maximum Gasteiger partial charge on any atom is 0.326 e. The van der Waals surface area contributed by atoms with Crippen LogP contribution in [0.25, 0.3) is 0 Å². The highest BCUT2D eigenvalue weighted by molar-refractivity contribution is 5.82. The molecule has 1 aliphatic heterocycles. The molecule has 20 heavy (non-hydrogen) atoms. The Hall–Kier alpha value is -1.34. The highest BCUT2D eigenvalue weighted by Crippen LogP contribution is 2.04. The maximum absolute atomic E-state index is 11.7. The third-order valence-corrected chi connectivity index (χ3v) is 3.23. The molecule has 0 spiro atoms. The van der Waals surface area contributed by atoms with Crippen molar-refractivity contribution in [3.8, 4) is 0 Å².